The van der Waals surface area contributed by atoms with Crippen molar-refractivity contribution in [2.24, 2.45) is 27.9 Å². The monoisotopic (exact) mass is 549 g/mol. The highest BCUT2D eigenvalue weighted by atomic mass is 16.6. The van der Waals surface area contributed by atoms with Crippen LogP contribution < -0.4 is 15.2 Å². The summed E-state index contributed by atoms with van der Waals surface area (Å²) in [6.07, 6.45) is 0.441. The summed E-state index contributed by atoms with van der Waals surface area (Å²) >= 11 is 0. The van der Waals surface area contributed by atoms with Crippen molar-refractivity contribution in [1.82, 2.24) is 0 Å². The first-order valence-electron chi connectivity index (χ1n) is 13.3. The molecule has 0 aromatic heterocycles. The number of ether oxygens (including phenoxy) is 3. The molecule has 1 rings (SSSR count). The van der Waals surface area contributed by atoms with Crippen LogP contribution in [0.25, 0.3) is 0 Å². The number of carboxylic acids is 1. The van der Waals surface area contributed by atoms with Crippen LogP contribution in [0.5, 0.6) is 11.5 Å². The van der Waals surface area contributed by atoms with Crippen LogP contribution in [0.4, 0.5) is 0 Å². The maximum Gasteiger partial charge on any atom is 0.321 e. The average Bonchev–Trinajstić information content (AvgIpc) is 2.70. The van der Waals surface area contributed by atoms with Gasteiger partial charge in [-0.15, -0.1) is 0 Å². The number of esters is 3. The first-order valence-corrected chi connectivity index (χ1v) is 13.3. The second kappa shape index (κ2) is 13.4. The number of benzene rings is 1. The Morgan fingerprint density at radius 1 is 0.769 bits per heavy atom. The van der Waals surface area contributed by atoms with E-state index in [-0.39, 0.29) is 53.6 Å². The Morgan fingerprint density at radius 2 is 1.21 bits per heavy atom. The molecule has 3 atom stereocenters. The third-order valence-electron chi connectivity index (χ3n) is 5.62. The SMILES string of the molecule is CC(COC(=O)CC(C)(C)C)C(c1ccc(OC(=O)CC(C)(C)C)c(OC(=O)CC(C)(C)C)c1)[C@H](N)C(=O)O. The summed E-state index contributed by atoms with van der Waals surface area (Å²) < 4.78 is 16.6. The van der Waals surface area contributed by atoms with Gasteiger partial charge in [-0.2, -0.15) is 0 Å². The summed E-state index contributed by atoms with van der Waals surface area (Å²) in [6, 6.07) is 3.19. The second-order valence-corrected chi connectivity index (χ2v) is 13.9. The van der Waals surface area contributed by atoms with Crippen molar-refractivity contribution in [2.75, 3.05) is 6.61 Å². The third kappa shape index (κ3) is 13.1. The predicted molar refractivity (Wildman–Crippen MR) is 148 cm³/mol. The summed E-state index contributed by atoms with van der Waals surface area (Å²) in [7, 11) is 0. The number of carbonyl (C=O) groups excluding carboxylic acids is 3. The number of hydrogen-bond acceptors (Lipinski definition) is 8. The van der Waals surface area contributed by atoms with E-state index in [9.17, 15) is 24.3 Å². The van der Waals surface area contributed by atoms with Gasteiger partial charge in [0.25, 0.3) is 0 Å². The molecule has 0 fully saturated rings. The maximum absolute atomic E-state index is 12.7. The number of nitrogens with two attached hydrogens (primary N) is 1. The molecule has 39 heavy (non-hydrogen) atoms. The molecule has 0 saturated carbocycles. The molecule has 0 amide bonds. The van der Waals surface area contributed by atoms with Gasteiger partial charge in [0.1, 0.15) is 6.04 Å². The number of carbonyl (C=O) groups is 4. The topological polar surface area (TPSA) is 142 Å². The molecule has 0 spiro atoms. The minimum atomic E-state index is -1.34. The van der Waals surface area contributed by atoms with Crippen molar-refractivity contribution in [3.63, 3.8) is 0 Å². The molecular formula is C30H47NO8. The molecule has 0 bridgehead atoms. The highest BCUT2D eigenvalue weighted by Crippen LogP contribution is 2.37. The van der Waals surface area contributed by atoms with Crippen LogP contribution in [-0.4, -0.2) is 41.6 Å². The zero-order chi connectivity index (χ0) is 30.3. The first kappa shape index (κ1) is 34.1. The van der Waals surface area contributed by atoms with Crippen LogP contribution in [0.15, 0.2) is 18.2 Å². The smallest absolute Gasteiger partial charge is 0.321 e. The predicted octanol–water partition coefficient (Wildman–Crippen LogP) is 5.48. The van der Waals surface area contributed by atoms with Crippen LogP contribution in [0.2, 0.25) is 0 Å². The molecule has 0 radical (unpaired) electrons. The summed E-state index contributed by atoms with van der Waals surface area (Å²) in [5.41, 5.74) is 5.60. The number of rotatable bonds is 11. The van der Waals surface area contributed by atoms with Gasteiger partial charge in [-0.1, -0.05) is 75.3 Å². The van der Waals surface area contributed by atoms with E-state index in [1.807, 2.05) is 62.3 Å². The maximum atomic E-state index is 12.7. The van der Waals surface area contributed by atoms with Gasteiger partial charge in [-0.25, -0.2) is 0 Å². The van der Waals surface area contributed by atoms with Gasteiger partial charge < -0.3 is 25.1 Å². The Balaban J connectivity index is 3.40. The Bertz CT molecular complexity index is 1030. The van der Waals surface area contributed by atoms with Crippen LogP contribution in [-0.2, 0) is 23.9 Å². The molecule has 1 aromatic rings. The highest BCUT2D eigenvalue weighted by molar-refractivity contribution is 5.78. The lowest BCUT2D eigenvalue weighted by atomic mass is 9.82. The van der Waals surface area contributed by atoms with E-state index in [0.29, 0.717) is 5.56 Å². The molecule has 0 heterocycles. The second-order valence-electron chi connectivity index (χ2n) is 13.9. The van der Waals surface area contributed by atoms with E-state index >= 15 is 0 Å². The zero-order valence-electron chi connectivity index (χ0n) is 25.2. The van der Waals surface area contributed by atoms with Crippen molar-refractivity contribution in [2.45, 2.75) is 100 Å². The molecule has 0 aliphatic heterocycles. The molecule has 2 unspecified atom stereocenters. The van der Waals surface area contributed by atoms with E-state index in [4.69, 9.17) is 19.9 Å². The summed E-state index contributed by atoms with van der Waals surface area (Å²) in [5.74, 6) is -3.92. The normalized spacial score (nSPS) is 14.6. The van der Waals surface area contributed by atoms with Crippen LogP contribution in [0.3, 0.4) is 0 Å². The lowest BCUT2D eigenvalue weighted by Crippen LogP contribution is -2.40. The third-order valence-corrected chi connectivity index (χ3v) is 5.62. The van der Waals surface area contributed by atoms with Gasteiger partial charge >= 0.3 is 23.9 Å². The van der Waals surface area contributed by atoms with Gasteiger partial charge in [-0.3, -0.25) is 19.2 Å². The van der Waals surface area contributed by atoms with Crippen molar-refractivity contribution in [3.8, 4) is 11.5 Å². The van der Waals surface area contributed by atoms with Crippen LogP contribution in [0.1, 0.15) is 100.0 Å². The summed E-state index contributed by atoms with van der Waals surface area (Å²) in [4.78, 5) is 49.5. The summed E-state index contributed by atoms with van der Waals surface area (Å²) in [5, 5.41) is 9.73. The van der Waals surface area contributed by atoms with Crippen molar-refractivity contribution in [1.29, 1.82) is 0 Å². The molecule has 9 heteroatoms. The first-order chi connectivity index (χ1) is 17.6. The minimum absolute atomic E-state index is 0.0106. The highest BCUT2D eigenvalue weighted by Gasteiger charge is 2.33. The van der Waals surface area contributed by atoms with Gasteiger partial charge in [0, 0.05) is 5.92 Å². The lowest BCUT2D eigenvalue weighted by Gasteiger charge is -2.28. The zero-order valence-corrected chi connectivity index (χ0v) is 25.2. The van der Waals surface area contributed by atoms with E-state index in [2.05, 4.69) is 0 Å². The molecule has 0 aliphatic carbocycles. The van der Waals surface area contributed by atoms with Crippen molar-refractivity contribution >= 4 is 23.9 Å². The summed E-state index contributed by atoms with van der Waals surface area (Å²) in [6.45, 7) is 18.8. The van der Waals surface area contributed by atoms with E-state index in [1.54, 1.807) is 13.0 Å². The van der Waals surface area contributed by atoms with Crippen LogP contribution >= 0.6 is 0 Å². The molecule has 9 nitrogen and oxygen atoms in total. The van der Waals surface area contributed by atoms with Crippen LogP contribution in [0, 0.1) is 22.2 Å². The molecule has 220 valence electrons. The molecule has 0 saturated heterocycles. The van der Waals surface area contributed by atoms with E-state index in [0.717, 1.165) is 0 Å². The van der Waals surface area contributed by atoms with Gasteiger partial charge in [-0.05, 0) is 39.9 Å². The fraction of sp³-hybridized carbons (Fsp3) is 0.667. The standard InChI is InChI=1S/C30H47NO8/c1-18(17-37-22(32)14-28(2,3)4)25(26(31)27(35)36)19-11-12-20(38-23(33)15-29(5,6)7)21(13-19)39-24(34)16-30(8,9)10/h11-13,18,25-26H,14-17,31H2,1-10H3,(H,35,36)/t18?,25?,26-/m0/s1. The fourth-order valence-electron chi connectivity index (χ4n) is 3.94. The Kier molecular flexibility index (Phi) is 11.7. The Morgan fingerprint density at radius 3 is 1.64 bits per heavy atom. The largest absolute Gasteiger partial charge is 0.480 e. The quantitative estimate of drug-likeness (QED) is 0.271. The fourth-order valence-corrected chi connectivity index (χ4v) is 3.94. The molecule has 3 N–H and O–H groups in total. The molecular weight excluding hydrogens is 502 g/mol. The average molecular weight is 550 g/mol. The van der Waals surface area contributed by atoms with Crippen molar-refractivity contribution in [3.05, 3.63) is 23.8 Å². The number of carboxylic acid groups (broad SMARTS) is 1. The molecule has 0 aliphatic rings. The Labute approximate surface area is 232 Å². The van der Waals surface area contributed by atoms with Gasteiger partial charge in [0.15, 0.2) is 11.5 Å². The Hall–Kier alpha value is -2.94. The van der Waals surface area contributed by atoms with Crippen molar-refractivity contribution < 1.29 is 38.5 Å². The van der Waals surface area contributed by atoms with Gasteiger partial charge in [0.05, 0.1) is 25.9 Å². The molecule has 1 aromatic carbocycles. The minimum Gasteiger partial charge on any atom is -0.480 e. The van der Waals surface area contributed by atoms with E-state index < -0.39 is 41.8 Å². The number of aliphatic carboxylic acids is 1. The van der Waals surface area contributed by atoms with E-state index in [1.165, 1.54) is 12.1 Å². The lowest BCUT2D eigenvalue weighted by molar-refractivity contribution is -0.147. The number of hydrogen-bond donors (Lipinski definition) is 2. The van der Waals surface area contributed by atoms with Gasteiger partial charge in [0.2, 0.25) is 0 Å².